The third-order valence-electron chi connectivity index (χ3n) is 3.60. The van der Waals surface area contributed by atoms with Crippen LogP contribution >= 0.6 is 15.9 Å². The zero-order chi connectivity index (χ0) is 14.7. The Morgan fingerprint density at radius 2 is 2.25 bits per heavy atom. The highest BCUT2D eigenvalue weighted by Crippen LogP contribution is 2.22. The minimum absolute atomic E-state index is 0.0740. The van der Waals surface area contributed by atoms with Gasteiger partial charge in [0.25, 0.3) is 5.91 Å². The monoisotopic (exact) mass is 342 g/mol. The highest BCUT2D eigenvalue weighted by molar-refractivity contribution is 9.10. The number of aromatic nitrogens is 1. The number of carbonyl (C=O) groups excluding carboxylic acids is 1. The highest BCUT2D eigenvalue weighted by Gasteiger charge is 2.29. The molecule has 1 aromatic rings. The molecule has 0 bridgehead atoms. The van der Waals surface area contributed by atoms with E-state index in [1.807, 2.05) is 16.8 Å². The number of rotatable bonds is 4. The lowest BCUT2D eigenvalue weighted by Gasteiger charge is -2.30. The maximum atomic E-state index is 12.6. The minimum atomic E-state index is -0.812. The molecule has 1 atom stereocenters. The molecule has 1 saturated heterocycles. The van der Waals surface area contributed by atoms with E-state index in [1.54, 1.807) is 4.90 Å². The van der Waals surface area contributed by atoms with Crippen LogP contribution in [-0.4, -0.2) is 39.5 Å². The number of halogens is 1. The summed E-state index contributed by atoms with van der Waals surface area (Å²) in [6.07, 6.45) is 4.24. The summed E-state index contributed by atoms with van der Waals surface area (Å²) >= 11 is 3.39. The molecule has 1 aliphatic rings. The van der Waals surface area contributed by atoms with Crippen molar-refractivity contribution < 1.29 is 14.7 Å². The summed E-state index contributed by atoms with van der Waals surface area (Å²) in [4.78, 5) is 25.3. The lowest BCUT2D eigenvalue weighted by atomic mass is 9.98. The Bertz CT molecular complexity index is 513. The van der Waals surface area contributed by atoms with Crippen molar-refractivity contribution in [3.63, 3.8) is 0 Å². The lowest BCUT2D eigenvalue weighted by molar-refractivity contribution is -0.143. The van der Waals surface area contributed by atoms with Crippen molar-refractivity contribution in [3.05, 3.63) is 22.4 Å². The summed E-state index contributed by atoms with van der Waals surface area (Å²) in [5.41, 5.74) is 0.629. The van der Waals surface area contributed by atoms with Gasteiger partial charge in [0, 0.05) is 30.3 Å². The van der Waals surface area contributed by atoms with Gasteiger partial charge >= 0.3 is 5.97 Å². The van der Waals surface area contributed by atoms with Gasteiger partial charge in [-0.3, -0.25) is 9.59 Å². The van der Waals surface area contributed by atoms with Crippen LogP contribution in [-0.2, 0) is 11.3 Å². The Hall–Kier alpha value is -1.30. The van der Waals surface area contributed by atoms with Crippen molar-refractivity contribution >= 4 is 27.8 Å². The largest absolute Gasteiger partial charge is 0.481 e. The molecule has 20 heavy (non-hydrogen) atoms. The molecule has 1 unspecified atom stereocenters. The molecule has 5 nitrogen and oxygen atoms in total. The zero-order valence-electron chi connectivity index (χ0n) is 11.5. The van der Waals surface area contributed by atoms with E-state index >= 15 is 0 Å². The SMILES string of the molecule is CCCn1cc(Br)cc1C(=O)N1CCCC(C(=O)O)C1. The molecule has 0 spiro atoms. The molecule has 1 fully saturated rings. The number of piperidine rings is 1. The highest BCUT2D eigenvalue weighted by atomic mass is 79.9. The maximum Gasteiger partial charge on any atom is 0.308 e. The molecule has 0 saturated carbocycles. The maximum absolute atomic E-state index is 12.6. The third kappa shape index (κ3) is 3.23. The van der Waals surface area contributed by atoms with E-state index in [2.05, 4.69) is 22.9 Å². The summed E-state index contributed by atoms with van der Waals surface area (Å²) in [6, 6.07) is 1.81. The third-order valence-corrected chi connectivity index (χ3v) is 4.04. The number of hydrogen-bond acceptors (Lipinski definition) is 2. The fraction of sp³-hybridized carbons (Fsp3) is 0.571. The van der Waals surface area contributed by atoms with E-state index in [9.17, 15) is 9.59 Å². The first kappa shape index (κ1) is 15.1. The predicted molar refractivity (Wildman–Crippen MR) is 78.7 cm³/mol. The van der Waals surface area contributed by atoms with Crippen LogP contribution in [0.5, 0.6) is 0 Å². The van der Waals surface area contributed by atoms with Gasteiger partial charge in [-0.15, -0.1) is 0 Å². The van der Waals surface area contributed by atoms with Crippen molar-refractivity contribution in [2.24, 2.45) is 5.92 Å². The number of aliphatic carboxylic acids is 1. The average molecular weight is 343 g/mol. The molecule has 1 aliphatic heterocycles. The Kier molecular flexibility index (Phi) is 4.86. The molecule has 1 amide bonds. The Labute approximate surface area is 126 Å². The number of nitrogens with zero attached hydrogens (tertiary/aromatic N) is 2. The summed E-state index contributed by atoms with van der Waals surface area (Å²) < 4.78 is 2.80. The molecule has 6 heteroatoms. The topological polar surface area (TPSA) is 62.5 Å². The van der Waals surface area contributed by atoms with Crippen LogP contribution in [0.15, 0.2) is 16.7 Å². The van der Waals surface area contributed by atoms with Crippen LogP contribution in [0.3, 0.4) is 0 Å². The second-order valence-corrected chi connectivity index (χ2v) is 6.08. The van der Waals surface area contributed by atoms with Gasteiger partial charge in [-0.25, -0.2) is 0 Å². The predicted octanol–water partition coefficient (Wildman–Crippen LogP) is 2.60. The summed E-state index contributed by atoms with van der Waals surface area (Å²) in [5, 5.41) is 9.10. The van der Waals surface area contributed by atoms with Crippen molar-refractivity contribution in [2.75, 3.05) is 13.1 Å². The first-order chi connectivity index (χ1) is 9.52. The van der Waals surface area contributed by atoms with Crippen molar-refractivity contribution in [1.82, 2.24) is 9.47 Å². The number of carbonyl (C=O) groups is 2. The number of likely N-dealkylation sites (tertiary alicyclic amines) is 1. The standard InChI is InChI=1S/C14H19BrN2O3/c1-2-5-16-9-11(15)7-12(16)13(18)17-6-3-4-10(8-17)14(19)20/h7,9-10H,2-6,8H2,1H3,(H,19,20). The van der Waals surface area contributed by atoms with Crippen molar-refractivity contribution in [2.45, 2.75) is 32.7 Å². The molecule has 1 aromatic heterocycles. The Morgan fingerprint density at radius 3 is 2.90 bits per heavy atom. The molecule has 2 rings (SSSR count). The van der Waals surface area contributed by atoms with Gasteiger partial charge in [-0.2, -0.15) is 0 Å². The van der Waals surface area contributed by atoms with Crippen molar-refractivity contribution in [1.29, 1.82) is 0 Å². The Balaban J connectivity index is 2.16. The smallest absolute Gasteiger partial charge is 0.308 e. The zero-order valence-corrected chi connectivity index (χ0v) is 13.1. The van der Waals surface area contributed by atoms with Crippen LogP contribution in [0.2, 0.25) is 0 Å². The molecule has 2 heterocycles. The molecule has 0 aliphatic carbocycles. The van der Waals surface area contributed by atoms with Gasteiger partial charge in [0.2, 0.25) is 0 Å². The first-order valence-electron chi connectivity index (χ1n) is 6.90. The molecule has 0 radical (unpaired) electrons. The molecular formula is C14H19BrN2O3. The molecule has 0 aromatic carbocycles. The van der Waals surface area contributed by atoms with Crippen LogP contribution < -0.4 is 0 Å². The van der Waals surface area contributed by atoms with Crippen LogP contribution in [0.4, 0.5) is 0 Å². The second kappa shape index (κ2) is 6.43. The Morgan fingerprint density at radius 1 is 1.50 bits per heavy atom. The average Bonchev–Trinajstić information content (AvgIpc) is 2.79. The van der Waals surface area contributed by atoms with Crippen molar-refractivity contribution in [3.8, 4) is 0 Å². The van der Waals surface area contributed by atoms with E-state index < -0.39 is 11.9 Å². The van der Waals surface area contributed by atoms with Gasteiger partial charge < -0.3 is 14.6 Å². The van der Waals surface area contributed by atoms with E-state index in [4.69, 9.17) is 5.11 Å². The number of aryl methyl sites for hydroxylation is 1. The fourth-order valence-corrected chi connectivity index (χ4v) is 3.07. The quantitative estimate of drug-likeness (QED) is 0.914. The second-order valence-electron chi connectivity index (χ2n) is 5.17. The summed E-state index contributed by atoms with van der Waals surface area (Å²) in [5.74, 6) is -1.33. The number of amides is 1. The molecule has 110 valence electrons. The number of hydrogen-bond donors (Lipinski definition) is 1. The minimum Gasteiger partial charge on any atom is -0.481 e. The van der Waals surface area contributed by atoms with Gasteiger partial charge in [0.05, 0.1) is 5.92 Å². The van der Waals surface area contributed by atoms with Crippen LogP contribution in [0.25, 0.3) is 0 Å². The molecule has 1 N–H and O–H groups in total. The van der Waals surface area contributed by atoms with Gasteiger partial charge in [-0.05, 0) is 41.3 Å². The van der Waals surface area contributed by atoms with Gasteiger partial charge in [0.1, 0.15) is 5.69 Å². The normalized spacial score (nSPS) is 19.1. The van der Waals surface area contributed by atoms with Gasteiger partial charge in [-0.1, -0.05) is 6.92 Å². The van der Waals surface area contributed by atoms with E-state index in [1.165, 1.54) is 0 Å². The number of carboxylic acids is 1. The summed E-state index contributed by atoms with van der Waals surface area (Å²) in [7, 11) is 0. The van der Waals surface area contributed by atoms with Crippen LogP contribution in [0, 0.1) is 5.92 Å². The van der Waals surface area contributed by atoms with E-state index in [0.29, 0.717) is 25.2 Å². The first-order valence-corrected chi connectivity index (χ1v) is 7.70. The van der Waals surface area contributed by atoms with Gasteiger partial charge in [0.15, 0.2) is 0 Å². The summed E-state index contributed by atoms with van der Waals surface area (Å²) in [6.45, 7) is 3.78. The van der Waals surface area contributed by atoms with Crippen LogP contribution in [0.1, 0.15) is 36.7 Å². The lowest BCUT2D eigenvalue weighted by Crippen LogP contribution is -2.42. The van der Waals surface area contributed by atoms with E-state index in [-0.39, 0.29) is 5.91 Å². The molecular weight excluding hydrogens is 324 g/mol. The fourth-order valence-electron chi connectivity index (χ4n) is 2.60. The van der Waals surface area contributed by atoms with E-state index in [0.717, 1.165) is 23.9 Å². The number of carboxylic acid groups (broad SMARTS) is 1.